The summed E-state index contributed by atoms with van der Waals surface area (Å²) in [7, 11) is 0. The number of nitrogens with zero attached hydrogens (tertiary/aromatic N) is 2. The number of hydrogen-bond acceptors (Lipinski definition) is 6. The average Bonchev–Trinajstić information content (AvgIpc) is 3.40. The van der Waals surface area contributed by atoms with Gasteiger partial charge in [0.2, 0.25) is 11.8 Å². The Balaban J connectivity index is 1.87. The van der Waals surface area contributed by atoms with Gasteiger partial charge in [-0.05, 0) is 45.1 Å². The molecule has 7 atom stereocenters. The first-order chi connectivity index (χ1) is 18.1. The van der Waals surface area contributed by atoms with Gasteiger partial charge in [-0.3, -0.25) is 14.4 Å². The summed E-state index contributed by atoms with van der Waals surface area (Å²) in [5, 5.41) is 10.6. The Hall–Kier alpha value is -2.97. The summed E-state index contributed by atoms with van der Waals surface area (Å²) in [6.45, 7) is 15.2. The number of hydrogen-bond donors (Lipinski definition) is 1. The van der Waals surface area contributed by atoms with Crippen molar-refractivity contribution in [1.29, 1.82) is 0 Å². The lowest BCUT2D eigenvalue weighted by atomic mass is 9.62. The van der Waals surface area contributed by atoms with E-state index in [0.717, 1.165) is 0 Å². The summed E-state index contributed by atoms with van der Waals surface area (Å²) >= 11 is 0. The molecule has 0 radical (unpaired) electrons. The zero-order valence-electron chi connectivity index (χ0n) is 22.8. The fraction of sp³-hybridized carbons (Fsp3) is 0.567. The molecule has 0 aromatic heterocycles. The summed E-state index contributed by atoms with van der Waals surface area (Å²) in [5.41, 5.74) is -1.48. The van der Waals surface area contributed by atoms with Crippen LogP contribution in [-0.4, -0.2) is 75.7 Å². The Bertz CT molecular complexity index is 1090. The van der Waals surface area contributed by atoms with Crippen molar-refractivity contribution in [2.24, 2.45) is 17.8 Å². The first-order valence-corrected chi connectivity index (χ1v) is 13.5. The molecule has 206 valence electrons. The van der Waals surface area contributed by atoms with Crippen LogP contribution in [0.1, 0.15) is 52.1 Å². The Morgan fingerprint density at radius 2 is 1.95 bits per heavy atom. The van der Waals surface area contributed by atoms with Gasteiger partial charge in [-0.15, -0.1) is 13.2 Å². The van der Waals surface area contributed by atoms with E-state index >= 15 is 0 Å². The van der Waals surface area contributed by atoms with Crippen molar-refractivity contribution < 1.29 is 29.0 Å². The van der Waals surface area contributed by atoms with Crippen LogP contribution in [0.15, 0.2) is 55.6 Å². The third kappa shape index (κ3) is 4.18. The van der Waals surface area contributed by atoms with Crippen LogP contribution in [0.2, 0.25) is 0 Å². The number of carbonyl (C=O) groups excluding carboxylic acids is 3. The van der Waals surface area contributed by atoms with E-state index in [0.29, 0.717) is 24.9 Å². The second kappa shape index (κ2) is 10.7. The molecule has 1 spiro atoms. The van der Waals surface area contributed by atoms with E-state index < -0.39 is 41.1 Å². The van der Waals surface area contributed by atoms with E-state index in [1.807, 2.05) is 58.0 Å². The predicted molar refractivity (Wildman–Crippen MR) is 143 cm³/mol. The third-order valence-electron chi connectivity index (χ3n) is 8.73. The Kier molecular flexibility index (Phi) is 7.86. The highest BCUT2D eigenvalue weighted by molar-refractivity contribution is 5.99. The minimum absolute atomic E-state index is 0.102. The molecule has 1 aromatic rings. The van der Waals surface area contributed by atoms with E-state index in [9.17, 15) is 19.5 Å². The number of aliphatic hydroxyl groups is 1. The van der Waals surface area contributed by atoms with Gasteiger partial charge in [-0.25, -0.2) is 0 Å². The van der Waals surface area contributed by atoms with Crippen LogP contribution >= 0.6 is 0 Å². The van der Waals surface area contributed by atoms with Crippen LogP contribution in [0.5, 0.6) is 0 Å². The Morgan fingerprint density at radius 3 is 2.53 bits per heavy atom. The number of esters is 1. The quantitative estimate of drug-likeness (QED) is 0.271. The second-order valence-corrected chi connectivity index (χ2v) is 11.2. The van der Waals surface area contributed by atoms with E-state index in [-0.39, 0.29) is 37.0 Å². The number of amides is 2. The summed E-state index contributed by atoms with van der Waals surface area (Å²) in [6.07, 6.45) is 4.26. The molecule has 3 fully saturated rings. The first-order valence-electron chi connectivity index (χ1n) is 13.5. The lowest BCUT2D eigenvalue weighted by Crippen LogP contribution is -2.58. The minimum atomic E-state index is -1.22. The van der Waals surface area contributed by atoms with Crippen molar-refractivity contribution in [1.82, 2.24) is 9.80 Å². The number of fused-ring (bicyclic) bond motifs is 1. The molecule has 8 heteroatoms. The van der Waals surface area contributed by atoms with Crippen molar-refractivity contribution in [2.75, 3.05) is 19.8 Å². The van der Waals surface area contributed by atoms with Gasteiger partial charge < -0.3 is 24.4 Å². The molecule has 4 rings (SSSR count). The maximum Gasteiger partial charge on any atom is 0.312 e. The fourth-order valence-corrected chi connectivity index (χ4v) is 6.86. The molecule has 1 N–H and O–H groups in total. The van der Waals surface area contributed by atoms with Gasteiger partial charge in [0.05, 0.1) is 30.8 Å². The topological polar surface area (TPSA) is 96.4 Å². The number of likely N-dealkylation sites (tertiary alicyclic amines) is 1. The van der Waals surface area contributed by atoms with Crippen molar-refractivity contribution in [3.8, 4) is 0 Å². The standard InChI is InChI=1S/C30H40N2O6/c1-7-9-16-37-28(36)24-23-26(34)32(22(18-33)21-13-11-10-12-14-21)25(27(35)31(15-8-2)19(3)4)30(23)17-20(5)29(24,6)38-30/h7-8,10-14,19-20,22-25,33H,1-2,9,15-18H2,3-6H3/t20?,22-,23+,24+,25?,29-,30?/m1/s1. The Morgan fingerprint density at radius 1 is 1.26 bits per heavy atom. The van der Waals surface area contributed by atoms with Crippen LogP contribution in [0.3, 0.4) is 0 Å². The summed E-state index contributed by atoms with van der Waals surface area (Å²) < 4.78 is 12.4. The monoisotopic (exact) mass is 524 g/mol. The highest BCUT2D eigenvalue weighted by Gasteiger charge is 2.80. The normalized spacial score (nSPS) is 32.3. The van der Waals surface area contributed by atoms with Crippen LogP contribution in [-0.2, 0) is 23.9 Å². The molecule has 1 aromatic carbocycles. The molecule has 3 aliphatic heterocycles. The molecule has 2 amide bonds. The summed E-state index contributed by atoms with van der Waals surface area (Å²) in [4.78, 5) is 45.5. The van der Waals surface area contributed by atoms with E-state index in [4.69, 9.17) is 9.47 Å². The molecule has 3 aliphatic rings. The highest BCUT2D eigenvalue weighted by atomic mass is 16.6. The van der Waals surface area contributed by atoms with Crippen molar-refractivity contribution in [2.45, 2.75) is 69.9 Å². The van der Waals surface area contributed by atoms with E-state index in [2.05, 4.69) is 13.2 Å². The van der Waals surface area contributed by atoms with Crippen molar-refractivity contribution in [3.05, 3.63) is 61.2 Å². The maximum atomic E-state index is 14.4. The van der Waals surface area contributed by atoms with Gasteiger partial charge in [-0.1, -0.05) is 49.4 Å². The molecule has 3 unspecified atom stereocenters. The number of aliphatic hydroxyl groups excluding tert-OH is 1. The lowest BCUT2D eigenvalue weighted by Gasteiger charge is -2.40. The predicted octanol–water partition coefficient (Wildman–Crippen LogP) is 3.27. The molecule has 3 saturated heterocycles. The summed E-state index contributed by atoms with van der Waals surface area (Å²) in [6, 6.07) is 7.21. The number of carbonyl (C=O) groups is 3. The van der Waals surface area contributed by atoms with Crippen LogP contribution < -0.4 is 0 Å². The molecule has 0 saturated carbocycles. The smallest absolute Gasteiger partial charge is 0.312 e. The lowest BCUT2D eigenvalue weighted by molar-refractivity contribution is -0.164. The van der Waals surface area contributed by atoms with Crippen LogP contribution in [0, 0.1) is 17.8 Å². The van der Waals surface area contributed by atoms with E-state index in [1.54, 1.807) is 17.1 Å². The average molecular weight is 525 g/mol. The number of rotatable bonds is 11. The minimum Gasteiger partial charge on any atom is -0.465 e. The van der Waals surface area contributed by atoms with E-state index in [1.165, 1.54) is 4.90 Å². The first kappa shape index (κ1) is 28.0. The van der Waals surface area contributed by atoms with Crippen LogP contribution in [0.4, 0.5) is 0 Å². The molecule has 38 heavy (non-hydrogen) atoms. The summed E-state index contributed by atoms with van der Waals surface area (Å²) in [5.74, 6) is -3.01. The van der Waals surface area contributed by atoms with Gasteiger partial charge in [0.15, 0.2) is 0 Å². The Labute approximate surface area is 225 Å². The second-order valence-electron chi connectivity index (χ2n) is 11.2. The SMILES string of the molecule is C=CCCOC(=O)[C@@H]1[C@H]2C(=O)N([C@H](CO)c3ccccc3)C(C(=O)N(CC=C)C(C)C)C23CC(C)[C@@]1(C)O3. The van der Waals surface area contributed by atoms with Crippen LogP contribution in [0.25, 0.3) is 0 Å². The van der Waals surface area contributed by atoms with Gasteiger partial charge in [0.1, 0.15) is 17.6 Å². The number of benzene rings is 1. The molecule has 0 aliphatic carbocycles. The highest BCUT2D eigenvalue weighted by Crippen LogP contribution is 2.66. The molecule has 3 heterocycles. The van der Waals surface area contributed by atoms with Crippen molar-refractivity contribution in [3.63, 3.8) is 0 Å². The fourth-order valence-electron chi connectivity index (χ4n) is 6.86. The molecule has 8 nitrogen and oxygen atoms in total. The van der Waals surface area contributed by atoms with Gasteiger partial charge in [-0.2, -0.15) is 0 Å². The van der Waals surface area contributed by atoms with Gasteiger partial charge in [0.25, 0.3) is 0 Å². The number of ether oxygens (including phenoxy) is 2. The van der Waals surface area contributed by atoms with Gasteiger partial charge in [0, 0.05) is 12.6 Å². The zero-order chi connectivity index (χ0) is 27.8. The van der Waals surface area contributed by atoms with Crippen molar-refractivity contribution >= 4 is 17.8 Å². The molecule has 2 bridgehead atoms. The van der Waals surface area contributed by atoms with Gasteiger partial charge >= 0.3 is 5.97 Å². The largest absolute Gasteiger partial charge is 0.465 e. The molecular formula is C30H40N2O6. The third-order valence-corrected chi connectivity index (χ3v) is 8.73. The zero-order valence-corrected chi connectivity index (χ0v) is 22.8. The maximum absolute atomic E-state index is 14.4. The molecular weight excluding hydrogens is 484 g/mol.